The van der Waals surface area contributed by atoms with Crippen molar-refractivity contribution in [2.24, 2.45) is 5.73 Å². The van der Waals surface area contributed by atoms with Gasteiger partial charge in [0.05, 0.1) is 0 Å². The molecule has 2 aromatic carbocycles. The summed E-state index contributed by atoms with van der Waals surface area (Å²) in [4.78, 5) is 10.5. The van der Waals surface area contributed by atoms with Crippen LogP contribution >= 0.6 is 0 Å². The van der Waals surface area contributed by atoms with Gasteiger partial charge in [-0.2, -0.15) is 0 Å². The quantitative estimate of drug-likeness (QED) is 0.823. The molecule has 3 N–H and O–H groups in total. The predicted molar refractivity (Wildman–Crippen MR) is 81.0 cm³/mol. The summed E-state index contributed by atoms with van der Waals surface area (Å²) in [6.07, 6.45) is 0.216. The van der Waals surface area contributed by atoms with Crippen molar-refractivity contribution in [1.29, 1.82) is 0 Å². The second kappa shape index (κ2) is 7.56. The normalized spacial score (nSPS) is 11.9. The molecule has 0 fully saturated rings. The topological polar surface area (TPSA) is 72.6 Å². The van der Waals surface area contributed by atoms with E-state index in [0.717, 1.165) is 5.56 Å². The van der Waals surface area contributed by atoms with Crippen LogP contribution in [-0.4, -0.2) is 11.1 Å². The first-order valence-electron chi connectivity index (χ1n) is 7.00. The third-order valence-corrected chi connectivity index (χ3v) is 3.29. The maximum absolute atomic E-state index is 14.0. The second-order valence-electron chi connectivity index (χ2n) is 5.00. The zero-order chi connectivity index (χ0) is 15.9. The molecule has 0 heterocycles. The Morgan fingerprint density at radius 3 is 2.59 bits per heavy atom. The highest BCUT2D eigenvalue weighted by Gasteiger charge is 2.12. The lowest BCUT2D eigenvalue weighted by atomic mass is 10.0. The summed E-state index contributed by atoms with van der Waals surface area (Å²) in [6, 6.07) is 13.4. The number of carboxylic acid groups (broad SMARTS) is 1. The summed E-state index contributed by atoms with van der Waals surface area (Å²) in [5.74, 6) is -1.27. The molecule has 5 heteroatoms. The van der Waals surface area contributed by atoms with Gasteiger partial charge in [0.15, 0.2) is 11.6 Å². The molecule has 0 saturated heterocycles. The first kappa shape index (κ1) is 16.0. The van der Waals surface area contributed by atoms with Crippen LogP contribution in [0.2, 0.25) is 0 Å². The number of rotatable bonds is 7. The zero-order valence-corrected chi connectivity index (χ0v) is 12.0. The Labute approximate surface area is 128 Å². The Morgan fingerprint density at radius 1 is 1.23 bits per heavy atom. The molecule has 4 nitrogen and oxygen atoms in total. The Morgan fingerprint density at radius 2 is 1.95 bits per heavy atom. The monoisotopic (exact) mass is 303 g/mol. The SMILES string of the molecule is NC(CCC(=O)O)c1ccc(OCc2ccccc2)c(F)c1. The summed E-state index contributed by atoms with van der Waals surface area (Å²) < 4.78 is 19.5. The van der Waals surface area contributed by atoms with Crippen LogP contribution in [0.15, 0.2) is 48.5 Å². The van der Waals surface area contributed by atoms with Gasteiger partial charge in [-0.1, -0.05) is 36.4 Å². The highest BCUT2D eigenvalue weighted by atomic mass is 19.1. The van der Waals surface area contributed by atoms with Gasteiger partial charge in [0.1, 0.15) is 6.61 Å². The van der Waals surface area contributed by atoms with Gasteiger partial charge in [0.25, 0.3) is 0 Å². The molecule has 22 heavy (non-hydrogen) atoms. The van der Waals surface area contributed by atoms with Gasteiger partial charge in [0.2, 0.25) is 0 Å². The smallest absolute Gasteiger partial charge is 0.303 e. The Hall–Kier alpha value is -2.40. The van der Waals surface area contributed by atoms with Gasteiger partial charge in [-0.05, 0) is 29.7 Å². The van der Waals surface area contributed by atoms with Gasteiger partial charge in [-0.15, -0.1) is 0 Å². The fraction of sp³-hybridized carbons (Fsp3) is 0.235. The molecular weight excluding hydrogens is 285 g/mol. The Balaban J connectivity index is 1.98. The van der Waals surface area contributed by atoms with Crippen LogP contribution in [0.4, 0.5) is 4.39 Å². The minimum Gasteiger partial charge on any atom is -0.486 e. The van der Waals surface area contributed by atoms with Crippen LogP contribution in [0, 0.1) is 5.82 Å². The molecule has 0 aromatic heterocycles. The number of benzene rings is 2. The second-order valence-corrected chi connectivity index (χ2v) is 5.00. The zero-order valence-electron chi connectivity index (χ0n) is 12.0. The number of ether oxygens (including phenoxy) is 1. The fourth-order valence-corrected chi connectivity index (χ4v) is 2.05. The molecule has 1 unspecified atom stereocenters. The first-order chi connectivity index (χ1) is 10.6. The van der Waals surface area contributed by atoms with Crippen molar-refractivity contribution >= 4 is 5.97 Å². The minimum absolute atomic E-state index is 0.0466. The number of hydrogen-bond donors (Lipinski definition) is 2. The van der Waals surface area contributed by atoms with E-state index in [0.29, 0.717) is 5.56 Å². The van der Waals surface area contributed by atoms with Crippen LogP contribution in [0.3, 0.4) is 0 Å². The average Bonchev–Trinajstić information content (AvgIpc) is 2.52. The van der Waals surface area contributed by atoms with E-state index in [1.54, 1.807) is 6.07 Å². The maximum Gasteiger partial charge on any atom is 0.303 e. The number of hydrogen-bond acceptors (Lipinski definition) is 3. The van der Waals surface area contributed by atoms with Crippen LogP contribution in [0.25, 0.3) is 0 Å². The Bertz CT molecular complexity index is 631. The van der Waals surface area contributed by atoms with Crippen molar-refractivity contribution in [3.8, 4) is 5.75 Å². The van der Waals surface area contributed by atoms with E-state index in [-0.39, 0.29) is 25.2 Å². The number of aliphatic carboxylic acids is 1. The van der Waals surface area contributed by atoms with Crippen LogP contribution < -0.4 is 10.5 Å². The highest BCUT2D eigenvalue weighted by Crippen LogP contribution is 2.24. The molecule has 116 valence electrons. The van der Waals surface area contributed by atoms with E-state index in [1.165, 1.54) is 12.1 Å². The van der Waals surface area contributed by atoms with Crippen molar-refractivity contribution in [2.45, 2.75) is 25.5 Å². The molecule has 0 aliphatic carbocycles. The minimum atomic E-state index is -0.918. The number of carbonyl (C=O) groups is 1. The van der Waals surface area contributed by atoms with Crippen LogP contribution in [0.5, 0.6) is 5.75 Å². The average molecular weight is 303 g/mol. The molecule has 0 saturated carbocycles. The number of halogens is 1. The van der Waals surface area contributed by atoms with Gasteiger partial charge >= 0.3 is 5.97 Å². The van der Waals surface area contributed by atoms with E-state index >= 15 is 0 Å². The summed E-state index contributed by atoms with van der Waals surface area (Å²) in [5.41, 5.74) is 7.37. The van der Waals surface area contributed by atoms with Crippen molar-refractivity contribution in [1.82, 2.24) is 0 Å². The first-order valence-corrected chi connectivity index (χ1v) is 7.00. The van der Waals surface area contributed by atoms with Gasteiger partial charge in [0, 0.05) is 12.5 Å². The van der Waals surface area contributed by atoms with Crippen molar-refractivity contribution < 1.29 is 19.0 Å². The van der Waals surface area contributed by atoms with E-state index in [4.69, 9.17) is 15.6 Å². The lowest BCUT2D eigenvalue weighted by Crippen LogP contribution is -2.12. The molecule has 2 rings (SSSR count). The highest BCUT2D eigenvalue weighted by molar-refractivity contribution is 5.66. The van der Waals surface area contributed by atoms with E-state index in [1.807, 2.05) is 30.3 Å². The summed E-state index contributed by atoms with van der Waals surface area (Å²) >= 11 is 0. The van der Waals surface area contributed by atoms with Crippen molar-refractivity contribution in [3.05, 3.63) is 65.5 Å². The summed E-state index contributed by atoms with van der Waals surface area (Å²) in [7, 11) is 0. The van der Waals surface area contributed by atoms with E-state index in [9.17, 15) is 9.18 Å². The number of carboxylic acids is 1. The molecule has 0 bridgehead atoms. The third kappa shape index (κ3) is 4.56. The largest absolute Gasteiger partial charge is 0.486 e. The predicted octanol–water partition coefficient (Wildman–Crippen LogP) is 3.27. The molecule has 0 aliphatic rings. The van der Waals surface area contributed by atoms with Crippen LogP contribution in [0.1, 0.15) is 30.0 Å². The van der Waals surface area contributed by atoms with Crippen molar-refractivity contribution in [3.63, 3.8) is 0 Å². The lowest BCUT2D eigenvalue weighted by molar-refractivity contribution is -0.137. The van der Waals surface area contributed by atoms with Crippen molar-refractivity contribution in [2.75, 3.05) is 0 Å². The molecule has 2 aromatic rings. The maximum atomic E-state index is 14.0. The molecule has 0 spiro atoms. The standard InChI is InChI=1S/C17H18FNO3/c18-14-10-13(15(19)7-9-17(20)21)6-8-16(14)22-11-12-4-2-1-3-5-12/h1-6,8,10,15H,7,9,11,19H2,(H,20,21). The lowest BCUT2D eigenvalue weighted by Gasteiger charge is -2.13. The van der Waals surface area contributed by atoms with Gasteiger partial charge in [-0.3, -0.25) is 4.79 Å². The van der Waals surface area contributed by atoms with E-state index in [2.05, 4.69) is 0 Å². The number of nitrogens with two attached hydrogens (primary N) is 1. The molecular formula is C17H18FNO3. The van der Waals surface area contributed by atoms with Crippen LogP contribution in [-0.2, 0) is 11.4 Å². The Kier molecular flexibility index (Phi) is 5.49. The summed E-state index contributed by atoms with van der Waals surface area (Å²) in [6.45, 7) is 0.280. The molecule has 0 aliphatic heterocycles. The summed E-state index contributed by atoms with van der Waals surface area (Å²) in [5, 5.41) is 8.64. The molecule has 0 radical (unpaired) electrons. The molecule has 1 atom stereocenters. The molecule has 0 amide bonds. The fourth-order valence-electron chi connectivity index (χ4n) is 2.05. The van der Waals surface area contributed by atoms with Gasteiger partial charge < -0.3 is 15.6 Å². The van der Waals surface area contributed by atoms with E-state index < -0.39 is 17.8 Å². The third-order valence-electron chi connectivity index (χ3n) is 3.29. The van der Waals surface area contributed by atoms with Gasteiger partial charge in [-0.25, -0.2) is 4.39 Å².